The lowest BCUT2D eigenvalue weighted by Gasteiger charge is -2.40. The maximum Gasteiger partial charge on any atom is 0.187 e. The fraction of sp³-hybridized carbons (Fsp3) is 0.353. The predicted molar refractivity (Wildman–Crippen MR) is 103 cm³/mol. The van der Waals surface area contributed by atoms with Crippen LogP contribution in [0.25, 0.3) is 11.0 Å². The highest BCUT2D eigenvalue weighted by molar-refractivity contribution is 9.10. The van der Waals surface area contributed by atoms with Gasteiger partial charge in [-0.3, -0.25) is 10.00 Å². The number of benzene rings is 1. The Kier molecular flexibility index (Phi) is 4.62. The monoisotopic (exact) mass is 420 g/mol. The number of nitrogens with one attached hydrogen (secondary N) is 1. The number of hydrogen-bond donors (Lipinski definition) is 1. The van der Waals surface area contributed by atoms with Crippen LogP contribution in [0, 0.1) is 0 Å². The van der Waals surface area contributed by atoms with Crippen LogP contribution in [0.1, 0.15) is 12.5 Å². The van der Waals surface area contributed by atoms with Crippen LogP contribution >= 0.6 is 27.5 Å². The summed E-state index contributed by atoms with van der Waals surface area (Å²) in [7, 11) is 0. The zero-order valence-corrected chi connectivity index (χ0v) is 16.1. The summed E-state index contributed by atoms with van der Waals surface area (Å²) in [5, 5.41) is 8.85. The molecular formula is C17H18BrClN6. The number of halogens is 2. The van der Waals surface area contributed by atoms with Crippen LogP contribution < -0.4 is 4.90 Å². The lowest BCUT2D eigenvalue weighted by atomic mass is 10.1. The third-order valence-electron chi connectivity index (χ3n) is 4.65. The molecule has 0 aliphatic carbocycles. The van der Waals surface area contributed by atoms with Crippen LogP contribution in [0.2, 0.25) is 5.02 Å². The van der Waals surface area contributed by atoms with Crippen molar-refractivity contribution in [1.82, 2.24) is 25.1 Å². The molecule has 0 bridgehead atoms. The quantitative estimate of drug-likeness (QED) is 0.701. The first kappa shape index (κ1) is 16.8. The van der Waals surface area contributed by atoms with E-state index in [9.17, 15) is 0 Å². The first-order chi connectivity index (χ1) is 12.1. The van der Waals surface area contributed by atoms with E-state index in [0.717, 1.165) is 47.0 Å². The minimum atomic E-state index is 0.417. The van der Waals surface area contributed by atoms with Crippen LogP contribution in [-0.4, -0.2) is 50.7 Å². The second kappa shape index (κ2) is 6.90. The number of rotatable bonds is 3. The number of anilines is 1. The molecule has 0 radical (unpaired) electrons. The van der Waals surface area contributed by atoms with Gasteiger partial charge in [-0.05, 0) is 40.5 Å². The van der Waals surface area contributed by atoms with E-state index >= 15 is 0 Å². The van der Waals surface area contributed by atoms with Crippen molar-refractivity contribution in [3.05, 3.63) is 45.8 Å². The van der Waals surface area contributed by atoms with Crippen molar-refractivity contribution in [2.24, 2.45) is 0 Å². The third-order valence-corrected chi connectivity index (χ3v) is 5.48. The summed E-state index contributed by atoms with van der Waals surface area (Å²) in [6, 6.07) is 8.51. The van der Waals surface area contributed by atoms with Gasteiger partial charge in [0.05, 0.1) is 5.39 Å². The van der Waals surface area contributed by atoms with Gasteiger partial charge in [-0.1, -0.05) is 23.7 Å². The highest BCUT2D eigenvalue weighted by Crippen LogP contribution is 2.29. The number of aromatic amines is 1. The molecule has 0 saturated carbocycles. The van der Waals surface area contributed by atoms with Crippen molar-refractivity contribution in [1.29, 1.82) is 0 Å². The van der Waals surface area contributed by atoms with Gasteiger partial charge in [0, 0.05) is 37.2 Å². The molecule has 8 heteroatoms. The van der Waals surface area contributed by atoms with Gasteiger partial charge in [0.1, 0.15) is 16.7 Å². The lowest BCUT2D eigenvalue weighted by Crippen LogP contribution is -2.51. The van der Waals surface area contributed by atoms with Crippen LogP contribution in [0.3, 0.4) is 0 Å². The molecule has 0 spiro atoms. The summed E-state index contributed by atoms with van der Waals surface area (Å²) in [4.78, 5) is 13.5. The molecule has 2 aromatic heterocycles. The predicted octanol–water partition coefficient (Wildman–Crippen LogP) is 3.48. The molecule has 25 heavy (non-hydrogen) atoms. The maximum absolute atomic E-state index is 5.98. The molecule has 130 valence electrons. The molecule has 1 aliphatic heterocycles. The smallest absolute Gasteiger partial charge is 0.187 e. The van der Waals surface area contributed by atoms with E-state index in [-0.39, 0.29) is 0 Å². The highest BCUT2D eigenvalue weighted by Gasteiger charge is 2.26. The second-order valence-electron chi connectivity index (χ2n) is 6.33. The zero-order valence-electron chi connectivity index (χ0n) is 13.8. The van der Waals surface area contributed by atoms with E-state index in [1.54, 1.807) is 6.33 Å². The van der Waals surface area contributed by atoms with Gasteiger partial charge in [0.25, 0.3) is 0 Å². The Morgan fingerprint density at radius 2 is 2.04 bits per heavy atom. The molecular weight excluding hydrogens is 404 g/mol. The first-order valence-corrected chi connectivity index (χ1v) is 9.37. The molecule has 0 amide bonds. The Bertz CT molecular complexity index is 880. The van der Waals surface area contributed by atoms with Gasteiger partial charge in [0.15, 0.2) is 5.65 Å². The van der Waals surface area contributed by atoms with Crippen molar-refractivity contribution < 1.29 is 0 Å². The standard InChI is InChI=1S/C17H18BrClN6/c1-11-8-25(17-14-15(18)22-23-16(14)20-10-21-17)7-6-24(11)9-12-2-4-13(19)5-3-12/h2-5,10-11H,6-9H2,1H3,(H,20,21,22,23). The van der Waals surface area contributed by atoms with Gasteiger partial charge in [-0.2, -0.15) is 5.10 Å². The highest BCUT2D eigenvalue weighted by atomic mass is 79.9. The molecule has 6 nitrogen and oxygen atoms in total. The SMILES string of the molecule is CC1CN(c2ncnc3n[nH]c(Br)c23)CCN1Cc1ccc(Cl)cc1. The number of aromatic nitrogens is 4. The van der Waals surface area contributed by atoms with E-state index in [0.29, 0.717) is 11.7 Å². The third kappa shape index (κ3) is 3.36. The van der Waals surface area contributed by atoms with Crippen LogP contribution in [-0.2, 0) is 6.54 Å². The van der Waals surface area contributed by atoms with Crippen LogP contribution in [0.4, 0.5) is 5.82 Å². The van der Waals surface area contributed by atoms with Crippen molar-refractivity contribution in [3.8, 4) is 0 Å². The van der Waals surface area contributed by atoms with Crippen molar-refractivity contribution in [2.45, 2.75) is 19.5 Å². The van der Waals surface area contributed by atoms with E-state index in [1.165, 1.54) is 5.56 Å². The summed E-state index contributed by atoms with van der Waals surface area (Å²) in [6.07, 6.45) is 1.58. The topological polar surface area (TPSA) is 60.9 Å². The van der Waals surface area contributed by atoms with Gasteiger partial charge >= 0.3 is 0 Å². The van der Waals surface area contributed by atoms with Crippen molar-refractivity contribution in [3.63, 3.8) is 0 Å². The normalized spacial score (nSPS) is 18.8. The molecule has 3 aromatic rings. The number of fused-ring (bicyclic) bond motifs is 1. The number of piperazine rings is 1. The average molecular weight is 422 g/mol. The Balaban J connectivity index is 1.51. The fourth-order valence-corrected chi connectivity index (χ4v) is 3.86. The molecule has 4 rings (SSSR count). The molecule has 3 heterocycles. The first-order valence-electron chi connectivity index (χ1n) is 8.20. The van der Waals surface area contributed by atoms with Gasteiger partial charge in [-0.25, -0.2) is 9.97 Å². The summed E-state index contributed by atoms with van der Waals surface area (Å²) in [6.45, 7) is 6.00. The van der Waals surface area contributed by atoms with E-state index in [4.69, 9.17) is 11.6 Å². The minimum absolute atomic E-state index is 0.417. The zero-order chi connectivity index (χ0) is 17.4. The summed E-state index contributed by atoms with van der Waals surface area (Å²) < 4.78 is 0.828. The number of H-pyrrole nitrogens is 1. The summed E-state index contributed by atoms with van der Waals surface area (Å²) >= 11 is 9.49. The van der Waals surface area contributed by atoms with Crippen LogP contribution in [0.5, 0.6) is 0 Å². The largest absolute Gasteiger partial charge is 0.353 e. The van der Waals surface area contributed by atoms with E-state index in [2.05, 4.69) is 65.0 Å². The minimum Gasteiger partial charge on any atom is -0.353 e. The molecule has 1 fully saturated rings. The van der Waals surface area contributed by atoms with Crippen LogP contribution in [0.15, 0.2) is 35.2 Å². The second-order valence-corrected chi connectivity index (χ2v) is 7.55. The Labute approximate surface area is 159 Å². The Morgan fingerprint density at radius 1 is 1.24 bits per heavy atom. The Morgan fingerprint density at radius 3 is 2.80 bits per heavy atom. The van der Waals surface area contributed by atoms with E-state index < -0.39 is 0 Å². The average Bonchev–Trinajstić information content (AvgIpc) is 3.00. The number of hydrogen-bond acceptors (Lipinski definition) is 5. The summed E-state index contributed by atoms with van der Waals surface area (Å²) in [5.41, 5.74) is 1.97. The lowest BCUT2D eigenvalue weighted by molar-refractivity contribution is 0.180. The molecule has 1 aromatic carbocycles. The molecule has 1 aliphatic rings. The molecule has 1 saturated heterocycles. The number of nitrogens with zero attached hydrogens (tertiary/aromatic N) is 5. The summed E-state index contributed by atoms with van der Waals surface area (Å²) in [5.74, 6) is 0.934. The van der Waals surface area contributed by atoms with Crippen molar-refractivity contribution in [2.75, 3.05) is 24.5 Å². The maximum atomic E-state index is 5.98. The fourth-order valence-electron chi connectivity index (χ4n) is 3.29. The van der Waals surface area contributed by atoms with Gasteiger partial charge in [0.2, 0.25) is 0 Å². The molecule has 1 atom stereocenters. The van der Waals surface area contributed by atoms with E-state index in [1.807, 2.05) is 12.1 Å². The molecule has 1 unspecified atom stereocenters. The molecule has 1 N–H and O–H groups in total. The van der Waals surface area contributed by atoms with Gasteiger partial charge in [-0.15, -0.1) is 0 Å². The van der Waals surface area contributed by atoms with Gasteiger partial charge < -0.3 is 4.90 Å². The Hall–Kier alpha value is -1.70. The van der Waals surface area contributed by atoms with Crippen molar-refractivity contribution >= 4 is 44.4 Å².